The summed E-state index contributed by atoms with van der Waals surface area (Å²) in [4.78, 5) is 27.7. The summed E-state index contributed by atoms with van der Waals surface area (Å²) in [6.07, 6.45) is 2.11. The van der Waals surface area contributed by atoms with Crippen molar-refractivity contribution in [2.45, 2.75) is 37.5 Å². The number of sulfonamides is 1. The fourth-order valence-electron chi connectivity index (χ4n) is 4.26. The average molecular weight is 468 g/mol. The second kappa shape index (κ2) is 10.5. The van der Waals surface area contributed by atoms with Crippen molar-refractivity contribution in [2.75, 3.05) is 58.4 Å². The maximum absolute atomic E-state index is 13.2. The first-order valence-electron chi connectivity index (χ1n) is 11.0. The van der Waals surface area contributed by atoms with Crippen molar-refractivity contribution < 1.29 is 27.5 Å². The SMILES string of the molecule is COC(=O)CCC(=O)N1CCN(c2cc(S(=O)(=O)N3CCC[C@@H](C)C3)ccc2OC)CC1. The third kappa shape index (κ3) is 5.53. The predicted octanol–water partition coefficient (Wildman–Crippen LogP) is 1.72. The zero-order chi connectivity index (χ0) is 23.3. The molecule has 1 amide bonds. The van der Waals surface area contributed by atoms with Crippen LogP contribution in [0.3, 0.4) is 0 Å². The van der Waals surface area contributed by atoms with Crippen LogP contribution in [0, 0.1) is 5.92 Å². The zero-order valence-corrected chi connectivity index (χ0v) is 19.9. The number of piperidine rings is 1. The number of esters is 1. The summed E-state index contributed by atoms with van der Waals surface area (Å²) in [5.41, 5.74) is 0.709. The fraction of sp³-hybridized carbons (Fsp3) is 0.636. The van der Waals surface area contributed by atoms with Gasteiger partial charge in [0.05, 0.1) is 31.2 Å². The molecule has 0 unspecified atom stereocenters. The molecular weight excluding hydrogens is 434 g/mol. The Balaban J connectivity index is 1.71. The Kier molecular flexibility index (Phi) is 8.00. The lowest BCUT2D eigenvalue weighted by Gasteiger charge is -2.37. The molecule has 0 spiro atoms. The van der Waals surface area contributed by atoms with Gasteiger partial charge in [-0.05, 0) is 37.0 Å². The highest BCUT2D eigenvalue weighted by Gasteiger charge is 2.30. The van der Waals surface area contributed by atoms with Crippen molar-refractivity contribution in [1.82, 2.24) is 9.21 Å². The van der Waals surface area contributed by atoms with Crippen LogP contribution in [0.1, 0.15) is 32.6 Å². The molecular formula is C22H33N3O6S. The number of carbonyl (C=O) groups is 2. The normalized spacial score (nSPS) is 20.2. The lowest BCUT2D eigenvalue weighted by molar-refractivity contribution is -0.143. The lowest BCUT2D eigenvalue weighted by Crippen LogP contribution is -2.49. The maximum atomic E-state index is 13.2. The fourth-order valence-corrected chi connectivity index (χ4v) is 5.88. The van der Waals surface area contributed by atoms with E-state index in [1.807, 2.05) is 4.90 Å². The third-order valence-corrected chi connectivity index (χ3v) is 8.01. The minimum atomic E-state index is -3.58. The predicted molar refractivity (Wildman–Crippen MR) is 120 cm³/mol. The Morgan fingerprint density at radius 1 is 1.06 bits per heavy atom. The smallest absolute Gasteiger partial charge is 0.306 e. The summed E-state index contributed by atoms with van der Waals surface area (Å²) >= 11 is 0. The molecule has 178 valence electrons. The van der Waals surface area contributed by atoms with E-state index in [9.17, 15) is 18.0 Å². The third-order valence-electron chi connectivity index (χ3n) is 6.15. The van der Waals surface area contributed by atoms with Crippen LogP contribution < -0.4 is 9.64 Å². The minimum Gasteiger partial charge on any atom is -0.495 e. The number of rotatable bonds is 7. The topological polar surface area (TPSA) is 96.5 Å². The molecule has 0 aromatic heterocycles. The van der Waals surface area contributed by atoms with E-state index in [0.717, 1.165) is 12.8 Å². The molecule has 10 heteroatoms. The molecule has 9 nitrogen and oxygen atoms in total. The first kappa shape index (κ1) is 24.3. The molecule has 2 saturated heterocycles. The Hall–Kier alpha value is -2.33. The molecule has 0 bridgehead atoms. The molecule has 0 radical (unpaired) electrons. The van der Waals surface area contributed by atoms with Gasteiger partial charge in [-0.1, -0.05) is 6.92 Å². The average Bonchev–Trinajstić information content (AvgIpc) is 2.81. The van der Waals surface area contributed by atoms with E-state index in [2.05, 4.69) is 11.7 Å². The number of hydrogen-bond donors (Lipinski definition) is 0. The number of amides is 1. The van der Waals surface area contributed by atoms with Gasteiger partial charge in [0.15, 0.2) is 0 Å². The largest absolute Gasteiger partial charge is 0.495 e. The summed E-state index contributed by atoms with van der Waals surface area (Å²) in [5.74, 6) is 0.461. The summed E-state index contributed by atoms with van der Waals surface area (Å²) < 4.78 is 38.1. The highest BCUT2D eigenvalue weighted by molar-refractivity contribution is 7.89. The first-order chi connectivity index (χ1) is 15.3. The van der Waals surface area contributed by atoms with Crippen LogP contribution in [0.25, 0.3) is 0 Å². The van der Waals surface area contributed by atoms with Gasteiger partial charge in [-0.2, -0.15) is 4.31 Å². The van der Waals surface area contributed by atoms with E-state index >= 15 is 0 Å². The van der Waals surface area contributed by atoms with Gasteiger partial charge in [0.2, 0.25) is 15.9 Å². The number of ether oxygens (including phenoxy) is 2. The Morgan fingerprint density at radius 3 is 2.41 bits per heavy atom. The van der Waals surface area contributed by atoms with Gasteiger partial charge in [0.25, 0.3) is 0 Å². The Morgan fingerprint density at radius 2 is 1.78 bits per heavy atom. The van der Waals surface area contributed by atoms with Crippen LogP contribution in [0.2, 0.25) is 0 Å². The molecule has 0 aliphatic carbocycles. The Bertz CT molecular complexity index is 928. The van der Waals surface area contributed by atoms with Crippen molar-refractivity contribution >= 4 is 27.6 Å². The standard InChI is InChI=1S/C22H33N3O6S/c1-17-5-4-10-25(16-17)32(28,29)18-6-7-20(30-2)19(15-18)23-11-13-24(14-12-23)21(26)8-9-22(27)31-3/h6-7,15,17H,4-5,8-14,16H2,1-3H3/t17-/m1/s1. The molecule has 1 aromatic carbocycles. The highest BCUT2D eigenvalue weighted by atomic mass is 32.2. The quantitative estimate of drug-likeness (QED) is 0.563. The summed E-state index contributed by atoms with van der Waals surface area (Å²) in [5, 5.41) is 0. The van der Waals surface area contributed by atoms with Gasteiger partial charge < -0.3 is 19.3 Å². The van der Waals surface area contributed by atoms with Gasteiger partial charge >= 0.3 is 5.97 Å². The Labute approximate surface area is 190 Å². The number of nitrogens with zero attached hydrogens (tertiary/aromatic N) is 3. The van der Waals surface area contributed by atoms with Crippen LogP contribution in [-0.4, -0.2) is 83.0 Å². The van der Waals surface area contributed by atoms with Gasteiger partial charge in [0, 0.05) is 45.7 Å². The first-order valence-corrected chi connectivity index (χ1v) is 12.5. The number of hydrogen-bond acceptors (Lipinski definition) is 7. The molecule has 2 fully saturated rings. The van der Waals surface area contributed by atoms with Gasteiger partial charge in [-0.3, -0.25) is 9.59 Å². The van der Waals surface area contributed by atoms with Crippen molar-refractivity contribution in [2.24, 2.45) is 5.92 Å². The highest BCUT2D eigenvalue weighted by Crippen LogP contribution is 2.33. The molecule has 0 saturated carbocycles. The molecule has 32 heavy (non-hydrogen) atoms. The van der Waals surface area contributed by atoms with Crippen molar-refractivity contribution in [1.29, 1.82) is 0 Å². The lowest BCUT2D eigenvalue weighted by atomic mass is 10.0. The molecule has 3 rings (SSSR count). The molecule has 1 aromatic rings. The van der Waals surface area contributed by atoms with Crippen LogP contribution in [0.15, 0.2) is 23.1 Å². The van der Waals surface area contributed by atoms with Gasteiger partial charge in [-0.15, -0.1) is 0 Å². The van der Waals surface area contributed by atoms with E-state index in [0.29, 0.717) is 56.6 Å². The van der Waals surface area contributed by atoms with Crippen LogP contribution >= 0.6 is 0 Å². The monoisotopic (exact) mass is 467 g/mol. The molecule has 2 heterocycles. The number of benzene rings is 1. The molecule has 0 N–H and O–H groups in total. The van der Waals surface area contributed by atoms with Crippen LogP contribution in [0.5, 0.6) is 5.75 Å². The van der Waals surface area contributed by atoms with Gasteiger partial charge in [0.1, 0.15) is 5.75 Å². The minimum absolute atomic E-state index is 0.0678. The zero-order valence-electron chi connectivity index (χ0n) is 19.1. The van der Waals surface area contributed by atoms with E-state index in [-0.39, 0.29) is 23.6 Å². The number of anilines is 1. The second-order valence-corrected chi connectivity index (χ2v) is 10.3. The summed E-state index contributed by atoms with van der Waals surface area (Å²) in [7, 11) is -0.714. The second-order valence-electron chi connectivity index (χ2n) is 8.39. The maximum Gasteiger partial charge on any atom is 0.306 e. The van der Waals surface area contributed by atoms with Crippen LogP contribution in [0.4, 0.5) is 5.69 Å². The van der Waals surface area contributed by atoms with E-state index in [1.54, 1.807) is 34.5 Å². The van der Waals surface area contributed by atoms with Crippen molar-refractivity contribution in [3.8, 4) is 5.75 Å². The van der Waals surface area contributed by atoms with E-state index in [1.165, 1.54) is 7.11 Å². The summed E-state index contributed by atoms with van der Waals surface area (Å²) in [6.45, 7) is 5.23. The van der Waals surface area contributed by atoms with Crippen molar-refractivity contribution in [3.05, 3.63) is 18.2 Å². The van der Waals surface area contributed by atoms with Gasteiger partial charge in [-0.25, -0.2) is 8.42 Å². The number of carbonyl (C=O) groups excluding carboxylic acids is 2. The van der Waals surface area contributed by atoms with E-state index in [4.69, 9.17) is 4.74 Å². The van der Waals surface area contributed by atoms with E-state index < -0.39 is 16.0 Å². The molecule has 2 aliphatic heterocycles. The van der Waals surface area contributed by atoms with Crippen LogP contribution in [-0.2, 0) is 24.3 Å². The molecule has 2 aliphatic rings. The summed E-state index contributed by atoms with van der Waals surface area (Å²) in [6, 6.07) is 4.98. The molecule has 1 atom stereocenters. The number of methoxy groups -OCH3 is 2. The number of piperazine rings is 1. The van der Waals surface area contributed by atoms with Crippen molar-refractivity contribution in [3.63, 3.8) is 0 Å².